The highest BCUT2D eigenvalue weighted by molar-refractivity contribution is 9.10. The van der Waals surface area contributed by atoms with Crippen molar-refractivity contribution in [1.82, 2.24) is 4.98 Å². The molecule has 26 heavy (non-hydrogen) atoms. The number of pyridine rings is 1. The van der Waals surface area contributed by atoms with Crippen LogP contribution in [0.3, 0.4) is 0 Å². The first-order valence-corrected chi connectivity index (χ1v) is 8.95. The number of nitrogens with zero attached hydrogens (tertiary/aromatic N) is 1. The van der Waals surface area contributed by atoms with Gasteiger partial charge in [0.2, 0.25) is 0 Å². The van der Waals surface area contributed by atoms with Gasteiger partial charge < -0.3 is 19.3 Å². The summed E-state index contributed by atoms with van der Waals surface area (Å²) >= 11 is 3.45. The first kappa shape index (κ1) is 20.4. The van der Waals surface area contributed by atoms with Crippen LogP contribution in [0.5, 0.6) is 11.5 Å². The first-order chi connectivity index (χ1) is 12.5. The minimum Gasteiger partial charge on any atom is -0.491 e. The second-order valence-electron chi connectivity index (χ2n) is 6.17. The van der Waals surface area contributed by atoms with Gasteiger partial charge in [-0.2, -0.15) is 0 Å². The Morgan fingerprint density at radius 1 is 1.27 bits per heavy atom. The third-order valence-electron chi connectivity index (χ3n) is 4.21. The molecule has 0 fully saturated rings. The van der Waals surface area contributed by atoms with Crippen LogP contribution >= 0.6 is 15.9 Å². The SMILES string of the molecule is C=CC(C)(COC)C(O)c1ncc(Br)c(OCc2ccccc2)c1OC. The van der Waals surface area contributed by atoms with E-state index in [0.29, 0.717) is 34.9 Å². The molecule has 0 bridgehead atoms. The summed E-state index contributed by atoms with van der Waals surface area (Å²) in [6.07, 6.45) is 2.29. The fraction of sp³-hybridized carbons (Fsp3) is 0.350. The third-order valence-corrected chi connectivity index (χ3v) is 4.77. The zero-order chi connectivity index (χ0) is 19.2. The molecule has 6 heteroatoms. The van der Waals surface area contributed by atoms with Gasteiger partial charge in [-0.3, -0.25) is 4.98 Å². The normalized spacial score (nSPS) is 14.3. The maximum absolute atomic E-state index is 10.9. The number of hydrogen-bond acceptors (Lipinski definition) is 5. The lowest BCUT2D eigenvalue weighted by molar-refractivity contribution is 0.00566. The minimum atomic E-state index is -0.970. The molecule has 0 saturated heterocycles. The lowest BCUT2D eigenvalue weighted by Crippen LogP contribution is -2.29. The Morgan fingerprint density at radius 3 is 2.54 bits per heavy atom. The highest BCUT2D eigenvalue weighted by Crippen LogP contribution is 2.44. The van der Waals surface area contributed by atoms with E-state index < -0.39 is 11.5 Å². The molecule has 140 valence electrons. The van der Waals surface area contributed by atoms with Crippen LogP contribution in [0.15, 0.2) is 53.7 Å². The van der Waals surface area contributed by atoms with Gasteiger partial charge in [-0.15, -0.1) is 6.58 Å². The van der Waals surface area contributed by atoms with Gasteiger partial charge in [0, 0.05) is 18.7 Å². The van der Waals surface area contributed by atoms with Crippen molar-refractivity contribution in [3.8, 4) is 11.5 Å². The number of aliphatic hydroxyl groups excluding tert-OH is 1. The molecule has 2 unspecified atom stereocenters. The fourth-order valence-corrected chi connectivity index (χ4v) is 2.99. The monoisotopic (exact) mass is 421 g/mol. The Hall–Kier alpha value is -1.89. The van der Waals surface area contributed by atoms with Crippen LogP contribution in [0.2, 0.25) is 0 Å². The summed E-state index contributed by atoms with van der Waals surface area (Å²) < 4.78 is 17.4. The molecule has 2 atom stereocenters. The number of benzene rings is 1. The number of methoxy groups -OCH3 is 2. The summed E-state index contributed by atoms with van der Waals surface area (Å²) in [5.74, 6) is 0.871. The third kappa shape index (κ3) is 4.44. The fourth-order valence-electron chi connectivity index (χ4n) is 2.60. The van der Waals surface area contributed by atoms with Crippen LogP contribution < -0.4 is 9.47 Å². The van der Waals surface area contributed by atoms with Gasteiger partial charge in [-0.05, 0) is 21.5 Å². The number of ether oxygens (including phenoxy) is 3. The van der Waals surface area contributed by atoms with Crippen LogP contribution in [0.1, 0.15) is 24.3 Å². The molecule has 0 radical (unpaired) electrons. The molecule has 1 heterocycles. The quantitative estimate of drug-likeness (QED) is 0.611. The summed E-state index contributed by atoms with van der Waals surface area (Å²) in [4.78, 5) is 4.36. The smallest absolute Gasteiger partial charge is 0.186 e. The molecular formula is C20H24BrNO4. The Morgan fingerprint density at radius 2 is 1.96 bits per heavy atom. The van der Waals surface area contributed by atoms with Gasteiger partial charge >= 0.3 is 0 Å². The van der Waals surface area contributed by atoms with Crippen molar-refractivity contribution in [3.63, 3.8) is 0 Å². The maximum atomic E-state index is 10.9. The molecule has 5 nitrogen and oxygen atoms in total. The van der Waals surface area contributed by atoms with Crippen LogP contribution in [-0.2, 0) is 11.3 Å². The van der Waals surface area contributed by atoms with Gasteiger partial charge in [0.15, 0.2) is 11.5 Å². The van der Waals surface area contributed by atoms with Gasteiger partial charge in [-0.1, -0.05) is 43.3 Å². The molecule has 0 aliphatic rings. The van der Waals surface area contributed by atoms with Crippen molar-refractivity contribution in [3.05, 3.63) is 64.9 Å². The van der Waals surface area contributed by atoms with Crippen molar-refractivity contribution in [1.29, 1.82) is 0 Å². The topological polar surface area (TPSA) is 60.8 Å². The average molecular weight is 422 g/mol. The van der Waals surface area contributed by atoms with Gasteiger partial charge in [0.1, 0.15) is 18.4 Å². The molecule has 0 amide bonds. The molecule has 0 aliphatic heterocycles. The highest BCUT2D eigenvalue weighted by atomic mass is 79.9. The van der Waals surface area contributed by atoms with E-state index in [-0.39, 0.29) is 0 Å². The summed E-state index contributed by atoms with van der Waals surface area (Å²) in [7, 11) is 3.10. The number of halogens is 1. The predicted molar refractivity (Wildman–Crippen MR) is 104 cm³/mol. The largest absolute Gasteiger partial charge is 0.491 e. The van der Waals surface area contributed by atoms with E-state index in [2.05, 4.69) is 27.5 Å². The lowest BCUT2D eigenvalue weighted by Gasteiger charge is -2.31. The molecule has 0 aliphatic carbocycles. The molecule has 0 saturated carbocycles. The van der Waals surface area contributed by atoms with Gasteiger partial charge in [0.25, 0.3) is 0 Å². The molecule has 1 aromatic carbocycles. The van der Waals surface area contributed by atoms with Crippen LogP contribution in [-0.4, -0.2) is 30.9 Å². The van der Waals surface area contributed by atoms with E-state index in [9.17, 15) is 5.11 Å². The van der Waals surface area contributed by atoms with Crippen molar-refractivity contribution in [2.45, 2.75) is 19.6 Å². The minimum absolute atomic E-state index is 0.290. The van der Waals surface area contributed by atoms with Crippen molar-refractivity contribution >= 4 is 15.9 Å². The van der Waals surface area contributed by atoms with Crippen LogP contribution in [0.4, 0.5) is 0 Å². The number of hydrogen-bond donors (Lipinski definition) is 1. The van der Waals surface area contributed by atoms with Crippen molar-refractivity contribution in [2.24, 2.45) is 5.41 Å². The first-order valence-electron chi connectivity index (χ1n) is 8.16. The standard InChI is InChI=1S/C20H24BrNO4/c1-5-20(2,13-24-3)19(23)16-18(25-4)17(15(21)11-22-16)26-12-14-9-7-6-8-10-14/h5-11,19,23H,1,12-13H2,2-4H3. The van der Waals surface area contributed by atoms with E-state index in [1.807, 2.05) is 37.3 Å². The van der Waals surface area contributed by atoms with E-state index in [0.717, 1.165) is 5.56 Å². The molecule has 1 N–H and O–H groups in total. The van der Waals surface area contributed by atoms with E-state index in [4.69, 9.17) is 14.2 Å². The van der Waals surface area contributed by atoms with E-state index >= 15 is 0 Å². The summed E-state index contributed by atoms with van der Waals surface area (Å²) in [6.45, 7) is 6.33. The molecule has 0 spiro atoms. The Bertz CT molecular complexity index is 738. The molecule has 2 aromatic rings. The van der Waals surface area contributed by atoms with Crippen LogP contribution in [0.25, 0.3) is 0 Å². The van der Waals surface area contributed by atoms with Gasteiger partial charge in [-0.25, -0.2) is 0 Å². The van der Waals surface area contributed by atoms with Crippen molar-refractivity contribution in [2.75, 3.05) is 20.8 Å². The number of aromatic nitrogens is 1. The summed E-state index contributed by atoms with van der Waals surface area (Å²) in [5.41, 5.74) is 0.674. The summed E-state index contributed by atoms with van der Waals surface area (Å²) in [6, 6.07) is 9.81. The van der Waals surface area contributed by atoms with E-state index in [1.165, 1.54) is 7.11 Å². The molecule has 1 aromatic heterocycles. The zero-order valence-electron chi connectivity index (χ0n) is 15.2. The Labute approximate surface area is 162 Å². The highest BCUT2D eigenvalue weighted by Gasteiger charge is 2.35. The predicted octanol–water partition coefficient (Wildman–Crippen LogP) is 4.30. The summed E-state index contributed by atoms with van der Waals surface area (Å²) in [5, 5.41) is 10.9. The lowest BCUT2D eigenvalue weighted by atomic mass is 9.83. The number of aliphatic hydroxyl groups is 1. The second-order valence-corrected chi connectivity index (χ2v) is 7.03. The second kappa shape index (κ2) is 9.16. The Kier molecular flexibility index (Phi) is 7.20. The number of rotatable bonds is 9. The molecule has 2 rings (SSSR count). The van der Waals surface area contributed by atoms with E-state index in [1.54, 1.807) is 19.4 Å². The Balaban J connectivity index is 2.38. The van der Waals surface area contributed by atoms with Crippen LogP contribution in [0, 0.1) is 5.41 Å². The average Bonchev–Trinajstić information content (AvgIpc) is 2.67. The van der Waals surface area contributed by atoms with Gasteiger partial charge in [0.05, 0.1) is 18.2 Å². The molecular weight excluding hydrogens is 398 g/mol. The van der Waals surface area contributed by atoms with Crippen molar-refractivity contribution < 1.29 is 19.3 Å². The maximum Gasteiger partial charge on any atom is 0.186 e. The zero-order valence-corrected chi connectivity index (χ0v) is 16.8.